The van der Waals surface area contributed by atoms with Crippen molar-refractivity contribution in [1.29, 1.82) is 0 Å². The van der Waals surface area contributed by atoms with Crippen molar-refractivity contribution in [2.24, 2.45) is 0 Å². The quantitative estimate of drug-likeness (QED) is 0.801. The molecule has 2 rings (SSSR count). The monoisotopic (exact) mass is 360 g/mol. The standard InChI is InChI=1S/C12H7BrCl2N2O2/c13-7-1-2-8(11(15)10(7)14)17-12(19)6-3-4-16-9(18)5-6/h1-5H,(H,16,18)(H,17,19). The van der Waals surface area contributed by atoms with Crippen molar-refractivity contribution in [3.63, 3.8) is 0 Å². The van der Waals surface area contributed by atoms with Crippen LogP contribution in [0, 0.1) is 0 Å². The Hall–Kier alpha value is -1.30. The van der Waals surface area contributed by atoms with Crippen LogP contribution in [0.2, 0.25) is 10.0 Å². The van der Waals surface area contributed by atoms with Gasteiger partial charge in [-0.05, 0) is 34.1 Å². The van der Waals surface area contributed by atoms with Gasteiger partial charge in [0, 0.05) is 22.3 Å². The van der Waals surface area contributed by atoms with Gasteiger partial charge in [-0.15, -0.1) is 0 Å². The molecule has 1 aromatic heterocycles. The van der Waals surface area contributed by atoms with Gasteiger partial charge in [0.05, 0.1) is 15.7 Å². The molecule has 0 spiro atoms. The number of rotatable bonds is 2. The highest BCUT2D eigenvalue weighted by molar-refractivity contribution is 9.10. The van der Waals surface area contributed by atoms with Gasteiger partial charge in [-0.2, -0.15) is 0 Å². The first kappa shape index (κ1) is 14.1. The summed E-state index contributed by atoms with van der Waals surface area (Å²) in [6.45, 7) is 0. The predicted octanol–water partition coefficient (Wildman–Crippen LogP) is 3.70. The fourth-order valence-electron chi connectivity index (χ4n) is 1.40. The van der Waals surface area contributed by atoms with Crippen LogP contribution in [-0.2, 0) is 0 Å². The number of hydrogen-bond donors (Lipinski definition) is 2. The van der Waals surface area contributed by atoms with Gasteiger partial charge >= 0.3 is 0 Å². The van der Waals surface area contributed by atoms with Gasteiger partial charge in [0.2, 0.25) is 5.56 Å². The molecule has 0 saturated carbocycles. The maximum atomic E-state index is 11.9. The number of anilines is 1. The Morgan fingerprint density at radius 3 is 2.63 bits per heavy atom. The number of halogens is 3. The zero-order chi connectivity index (χ0) is 14.0. The summed E-state index contributed by atoms with van der Waals surface area (Å²) >= 11 is 15.2. The van der Waals surface area contributed by atoms with Gasteiger partial charge in [0.1, 0.15) is 0 Å². The summed E-state index contributed by atoms with van der Waals surface area (Å²) in [6.07, 6.45) is 1.40. The fraction of sp³-hybridized carbons (Fsp3) is 0. The van der Waals surface area contributed by atoms with Crippen molar-refractivity contribution in [3.05, 3.63) is 60.9 Å². The lowest BCUT2D eigenvalue weighted by Gasteiger charge is -2.09. The summed E-state index contributed by atoms with van der Waals surface area (Å²) in [7, 11) is 0. The largest absolute Gasteiger partial charge is 0.329 e. The molecule has 0 unspecified atom stereocenters. The van der Waals surface area contributed by atoms with Crippen LogP contribution in [0.4, 0.5) is 5.69 Å². The molecule has 0 aliphatic heterocycles. The smallest absolute Gasteiger partial charge is 0.255 e. The highest BCUT2D eigenvalue weighted by Gasteiger charge is 2.12. The van der Waals surface area contributed by atoms with Crippen LogP contribution >= 0.6 is 39.1 Å². The lowest BCUT2D eigenvalue weighted by Crippen LogP contribution is -2.15. The Morgan fingerprint density at radius 1 is 1.21 bits per heavy atom. The van der Waals surface area contributed by atoms with E-state index in [2.05, 4.69) is 26.2 Å². The van der Waals surface area contributed by atoms with Crippen molar-refractivity contribution in [3.8, 4) is 0 Å². The Balaban J connectivity index is 2.29. The highest BCUT2D eigenvalue weighted by atomic mass is 79.9. The average molecular weight is 362 g/mol. The molecule has 2 aromatic rings. The first-order valence-electron chi connectivity index (χ1n) is 5.12. The minimum absolute atomic E-state index is 0.231. The van der Waals surface area contributed by atoms with Crippen LogP contribution in [0.3, 0.4) is 0 Å². The van der Waals surface area contributed by atoms with Crippen molar-refractivity contribution < 1.29 is 4.79 Å². The van der Waals surface area contributed by atoms with Crippen LogP contribution in [0.1, 0.15) is 10.4 Å². The molecule has 19 heavy (non-hydrogen) atoms. The normalized spacial score (nSPS) is 10.3. The number of aromatic amines is 1. The summed E-state index contributed by atoms with van der Waals surface area (Å²) in [5, 5.41) is 3.13. The van der Waals surface area contributed by atoms with Crippen molar-refractivity contribution in [1.82, 2.24) is 4.98 Å². The third-order valence-corrected chi connectivity index (χ3v) is 4.09. The van der Waals surface area contributed by atoms with Crippen LogP contribution < -0.4 is 10.9 Å². The minimum atomic E-state index is -0.439. The van der Waals surface area contributed by atoms with Gasteiger partial charge < -0.3 is 10.3 Å². The Kier molecular flexibility index (Phi) is 4.29. The second-order valence-electron chi connectivity index (χ2n) is 3.62. The number of aromatic nitrogens is 1. The number of H-pyrrole nitrogens is 1. The zero-order valence-electron chi connectivity index (χ0n) is 9.34. The molecule has 1 aromatic carbocycles. The maximum Gasteiger partial charge on any atom is 0.255 e. The summed E-state index contributed by atoms with van der Waals surface area (Å²) in [6, 6.07) is 5.97. The molecule has 0 fully saturated rings. The van der Waals surface area contributed by atoms with E-state index in [4.69, 9.17) is 23.2 Å². The number of amides is 1. The number of carbonyl (C=O) groups is 1. The van der Waals surface area contributed by atoms with E-state index in [-0.39, 0.29) is 16.1 Å². The molecule has 0 radical (unpaired) electrons. The Bertz CT molecular complexity index is 700. The first-order valence-corrected chi connectivity index (χ1v) is 6.67. The summed E-state index contributed by atoms with van der Waals surface area (Å²) in [4.78, 5) is 25.5. The van der Waals surface area contributed by atoms with E-state index in [0.717, 1.165) is 0 Å². The highest BCUT2D eigenvalue weighted by Crippen LogP contribution is 2.35. The second kappa shape index (κ2) is 5.77. The first-order chi connectivity index (χ1) is 8.99. The van der Waals surface area contributed by atoms with Gasteiger partial charge in [0.25, 0.3) is 5.91 Å². The molecular formula is C12H7BrCl2N2O2. The fourth-order valence-corrected chi connectivity index (χ4v) is 2.22. The van der Waals surface area contributed by atoms with Gasteiger partial charge in [-0.25, -0.2) is 0 Å². The number of hydrogen-bond acceptors (Lipinski definition) is 2. The van der Waals surface area contributed by atoms with Crippen molar-refractivity contribution >= 4 is 50.7 Å². The van der Waals surface area contributed by atoms with E-state index in [1.54, 1.807) is 12.1 Å². The second-order valence-corrected chi connectivity index (χ2v) is 5.23. The maximum absolute atomic E-state index is 11.9. The average Bonchev–Trinajstić information content (AvgIpc) is 2.39. The van der Waals surface area contributed by atoms with Crippen molar-refractivity contribution in [2.45, 2.75) is 0 Å². The van der Waals surface area contributed by atoms with Crippen LogP contribution in [0.25, 0.3) is 0 Å². The third-order valence-electron chi connectivity index (χ3n) is 2.32. The molecule has 0 saturated heterocycles. The number of nitrogens with one attached hydrogen (secondary N) is 2. The van der Waals surface area contributed by atoms with Gasteiger partial charge in [-0.3, -0.25) is 9.59 Å². The van der Waals surface area contributed by atoms with E-state index in [1.807, 2.05) is 0 Å². The summed E-state index contributed by atoms with van der Waals surface area (Å²) < 4.78 is 0.633. The van der Waals surface area contributed by atoms with E-state index in [0.29, 0.717) is 15.2 Å². The zero-order valence-corrected chi connectivity index (χ0v) is 12.4. The molecule has 0 bridgehead atoms. The van der Waals surface area contributed by atoms with E-state index >= 15 is 0 Å². The van der Waals surface area contributed by atoms with Crippen LogP contribution in [-0.4, -0.2) is 10.9 Å². The molecule has 0 atom stereocenters. The number of carbonyl (C=O) groups excluding carboxylic acids is 1. The van der Waals surface area contributed by atoms with Gasteiger partial charge in [0.15, 0.2) is 0 Å². The molecule has 1 heterocycles. The van der Waals surface area contributed by atoms with E-state index in [1.165, 1.54) is 18.3 Å². The Labute approximate surface area is 126 Å². The van der Waals surface area contributed by atoms with Crippen molar-refractivity contribution in [2.75, 3.05) is 5.32 Å². The molecular weight excluding hydrogens is 355 g/mol. The molecule has 98 valence electrons. The summed E-state index contributed by atoms with van der Waals surface area (Å²) in [5.41, 5.74) is 0.256. The van der Waals surface area contributed by atoms with Crippen LogP contribution in [0.5, 0.6) is 0 Å². The minimum Gasteiger partial charge on any atom is -0.329 e. The topological polar surface area (TPSA) is 62.0 Å². The summed E-state index contributed by atoms with van der Waals surface area (Å²) in [5.74, 6) is -0.439. The molecule has 7 heteroatoms. The number of pyridine rings is 1. The predicted molar refractivity (Wildman–Crippen MR) is 79.2 cm³/mol. The van der Waals surface area contributed by atoms with E-state index < -0.39 is 5.91 Å². The SMILES string of the molecule is O=C(Nc1ccc(Br)c(Cl)c1Cl)c1cc[nH]c(=O)c1. The molecule has 0 aliphatic carbocycles. The lowest BCUT2D eigenvalue weighted by atomic mass is 10.2. The molecule has 0 aliphatic rings. The molecule has 4 nitrogen and oxygen atoms in total. The Morgan fingerprint density at radius 2 is 1.95 bits per heavy atom. The van der Waals surface area contributed by atoms with Crippen LogP contribution in [0.15, 0.2) is 39.7 Å². The number of benzene rings is 1. The van der Waals surface area contributed by atoms with Gasteiger partial charge in [-0.1, -0.05) is 23.2 Å². The third kappa shape index (κ3) is 3.18. The molecule has 1 amide bonds. The lowest BCUT2D eigenvalue weighted by molar-refractivity contribution is 0.102. The molecule has 2 N–H and O–H groups in total. The van der Waals surface area contributed by atoms with E-state index in [9.17, 15) is 9.59 Å².